The fourth-order valence-electron chi connectivity index (χ4n) is 1.31. The van der Waals surface area contributed by atoms with Crippen molar-refractivity contribution in [2.75, 3.05) is 13.1 Å². The van der Waals surface area contributed by atoms with Gasteiger partial charge in [-0.2, -0.15) is 5.26 Å². The molecule has 0 saturated carbocycles. The van der Waals surface area contributed by atoms with Crippen LogP contribution in [0.2, 0.25) is 0 Å². The molecule has 0 aromatic carbocycles. The van der Waals surface area contributed by atoms with Crippen molar-refractivity contribution in [3.8, 4) is 6.07 Å². The van der Waals surface area contributed by atoms with Crippen LogP contribution in [-0.2, 0) is 4.79 Å². The number of hydrogen-bond acceptors (Lipinski definition) is 3. The standard InChI is InChI=1S/C12H21N3O3/c1-12(2,6-4-7-13)9-15-11(18)14-8-3-5-10(16)17/h3-6,8-9H2,1-2H3,(H,16,17)(H2,14,15,18). The molecule has 0 fully saturated rings. The van der Waals surface area contributed by atoms with E-state index in [9.17, 15) is 9.59 Å². The molecule has 0 bridgehead atoms. The van der Waals surface area contributed by atoms with Crippen LogP contribution in [0.15, 0.2) is 0 Å². The predicted molar refractivity (Wildman–Crippen MR) is 66.9 cm³/mol. The summed E-state index contributed by atoms with van der Waals surface area (Å²) in [5.41, 5.74) is -0.117. The molecule has 0 aromatic rings. The molecule has 3 N–H and O–H groups in total. The molecule has 0 rings (SSSR count). The molecule has 0 aliphatic heterocycles. The fraction of sp³-hybridized carbons (Fsp3) is 0.750. The Bertz CT molecular complexity index is 321. The monoisotopic (exact) mass is 255 g/mol. The number of carbonyl (C=O) groups is 2. The number of aliphatic carboxylic acids is 1. The first-order valence-corrected chi connectivity index (χ1v) is 5.98. The minimum Gasteiger partial charge on any atom is -0.481 e. The van der Waals surface area contributed by atoms with E-state index in [1.165, 1.54) is 0 Å². The van der Waals surface area contributed by atoms with Crippen LogP contribution in [0.25, 0.3) is 0 Å². The van der Waals surface area contributed by atoms with Crippen molar-refractivity contribution in [2.45, 2.75) is 39.5 Å². The summed E-state index contributed by atoms with van der Waals surface area (Å²) in [5.74, 6) is -0.866. The number of nitrogens with zero attached hydrogens (tertiary/aromatic N) is 1. The third-order valence-corrected chi connectivity index (χ3v) is 2.49. The summed E-state index contributed by atoms with van der Waals surface area (Å²) in [4.78, 5) is 21.6. The smallest absolute Gasteiger partial charge is 0.314 e. The van der Waals surface area contributed by atoms with E-state index < -0.39 is 5.97 Å². The second kappa shape index (κ2) is 8.34. The Kier molecular flexibility index (Phi) is 7.52. The largest absolute Gasteiger partial charge is 0.481 e. The summed E-state index contributed by atoms with van der Waals surface area (Å²) in [6.07, 6.45) is 1.66. The maximum absolute atomic E-state index is 11.4. The van der Waals surface area contributed by atoms with E-state index in [1.54, 1.807) is 0 Å². The molecule has 0 atom stereocenters. The van der Waals surface area contributed by atoms with Crippen molar-refractivity contribution in [3.63, 3.8) is 0 Å². The average Bonchev–Trinajstić information content (AvgIpc) is 2.29. The molecule has 102 valence electrons. The van der Waals surface area contributed by atoms with Gasteiger partial charge in [-0.3, -0.25) is 4.79 Å². The Morgan fingerprint density at radius 2 is 2.00 bits per heavy atom. The van der Waals surface area contributed by atoms with Crippen LogP contribution < -0.4 is 10.6 Å². The first-order valence-electron chi connectivity index (χ1n) is 5.98. The Labute approximate surface area is 107 Å². The van der Waals surface area contributed by atoms with E-state index in [-0.39, 0.29) is 17.9 Å². The summed E-state index contributed by atoms with van der Waals surface area (Å²) < 4.78 is 0. The number of urea groups is 1. The van der Waals surface area contributed by atoms with Crippen LogP contribution in [-0.4, -0.2) is 30.2 Å². The van der Waals surface area contributed by atoms with E-state index in [1.807, 2.05) is 13.8 Å². The van der Waals surface area contributed by atoms with Gasteiger partial charge in [0, 0.05) is 25.9 Å². The number of carboxylic acids is 1. The van der Waals surface area contributed by atoms with Crippen molar-refractivity contribution in [1.82, 2.24) is 10.6 Å². The second-order valence-corrected chi connectivity index (χ2v) is 4.93. The Hall–Kier alpha value is -1.77. The zero-order valence-corrected chi connectivity index (χ0v) is 11.0. The highest BCUT2D eigenvalue weighted by molar-refractivity contribution is 5.73. The quantitative estimate of drug-likeness (QED) is 0.571. The lowest BCUT2D eigenvalue weighted by molar-refractivity contribution is -0.137. The molecule has 0 aliphatic rings. The highest BCUT2D eigenvalue weighted by Crippen LogP contribution is 2.20. The third kappa shape index (κ3) is 9.46. The number of nitrogens with one attached hydrogen (secondary N) is 2. The number of carbonyl (C=O) groups excluding carboxylic acids is 1. The molecule has 6 heteroatoms. The highest BCUT2D eigenvalue weighted by atomic mass is 16.4. The van der Waals surface area contributed by atoms with Crippen molar-refractivity contribution in [3.05, 3.63) is 0 Å². The van der Waals surface area contributed by atoms with E-state index in [2.05, 4.69) is 16.7 Å². The van der Waals surface area contributed by atoms with Gasteiger partial charge in [-0.15, -0.1) is 0 Å². The molecule has 0 aliphatic carbocycles. The maximum atomic E-state index is 11.4. The number of carboxylic acid groups (broad SMARTS) is 1. The summed E-state index contributed by atoms with van der Waals surface area (Å²) in [7, 11) is 0. The predicted octanol–water partition coefficient (Wildman–Crippen LogP) is 1.48. The lowest BCUT2D eigenvalue weighted by Gasteiger charge is -2.23. The summed E-state index contributed by atoms with van der Waals surface area (Å²) >= 11 is 0. The Balaban J connectivity index is 3.69. The summed E-state index contributed by atoms with van der Waals surface area (Å²) in [6.45, 7) is 4.79. The molecule has 0 saturated heterocycles. The summed E-state index contributed by atoms with van der Waals surface area (Å²) in [6, 6.07) is 1.78. The lowest BCUT2D eigenvalue weighted by atomic mass is 9.88. The minimum atomic E-state index is -0.866. The van der Waals surface area contributed by atoms with Gasteiger partial charge in [-0.25, -0.2) is 4.79 Å². The Morgan fingerprint density at radius 3 is 2.56 bits per heavy atom. The average molecular weight is 255 g/mol. The van der Waals surface area contributed by atoms with Crippen molar-refractivity contribution in [1.29, 1.82) is 5.26 Å². The topological polar surface area (TPSA) is 102 Å². The highest BCUT2D eigenvalue weighted by Gasteiger charge is 2.18. The van der Waals surface area contributed by atoms with E-state index >= 15 is 0 Å². The van der Waals surface area contributed by atoms with Gasteiger partial charge in [0.1, 0.15) is 0 Å². The molecule has 0 radical (unpaired) electrons. The van der Waals surface area contributed by atoms with Crippen LogP contribution in [0.5, 0.6) is 0 Å². The summed E-state index contributed by atoms with van der Waals surface area (Å²) in [5, 5.41) is 22.2. The van der Waals surface area contributed by atoms with Gasteiger partial charge in [0.2, 0.25) is 0 Å². The van der Waals surface area contributed by atoms with Crippen LogP contribution >= 0.6 is 0 Å². The van der Waals surface area contributed by atoms with Gasteiger partial charge in [-0.05, 0) is 18.3 Å². The molecular weight excluding hydrogens is 234 g/mol. The SMILES string of the molecule is CC(C)(CCC#N)CNC(=O)NCCCC(=O)O. The van der Waals surface area contributed by atoms with Gasteiger partial charge in [0.05, 0.1) is 6.07 Å². The number of nitriles is 1. The van der Waals surface area contributed by atoms with Crippen LogP contribution in [0.3, 0.4) is 0 Å². The van der Waals surface area contributed by atoms with Crippen LogP contribution in [0.1, 0.15) is 39.5 Å². The molecule has 0 heterocycles. The number of rotatable bonds is 8. The van der Waals surface area contributed by atoms with Crippen molar-refractivity contribution in [2.24, 2.45) is 5.41 Å². The molecule has 18 heavy (non-hydrogen) atoms. The van der Waals surface area contributed by atoms with Gasteiger partial charge in [-0.1, -0.05) is 13.8 Å². The maximum Gasteiger partial charge on any atom is 0.314 e. The number of amides is 2. The zero-order valence-electron chi connectivity index (χ0n) is 11.0. The zero-order chi connectivity index (χ0) is 14.0. The minimum absolute atomic E-state index is 0.0495. The van der Waals surface area contributed by atoms with Gasteiger partial charge >= 0.3 is 12.0 Å². The molecular formula is C12H21N3O3. The van der Waals surface area contributed by atoms with Gasteiger partial charge in [0.15, 0.2) is 0 Å². The molecule has 6 nitrogen and oxygen atoms in total. The second-order valence-electron chi connectivity index (χ2n) is 4.93. The van der Waals surface area contributed by atoms with E-state index in [4.69, 9.17) is 10.4 Å². The first-order chi connectivity index (χ1) is 8.37. The van der Waals surface area contributed by atoms with Crippen molar-refractivity contribution >= 4 is 12.0 Å². The van der Waals surface area contributed by atoms with Gasteiger partial charge in [0.25, 0.3) is 0 Å². The third-order valence-electron chi connectivity index (χ3n) is 2.49. The van der Waals surface area contributed by atoms with E-state index in [0.29, 0.717) is 25.9 Å². The van der Waals surface area contributed by atoms with Crippen molar-refractivity contribution < 1.29 is 14.7 Å². The fourth-order valence-corrected chi connectivity index (χ4v) is 1.31. The molecule has 0 unspecified atom stereocenters. The van der Waals surface area contributed by atoms with E-state index in [0.717, 1.165) is 6.42 Å². The van der Waals surface area contributed by atoms with Crippen LogP contribution in [0.4, 0.5) is 4.79 Å². The molecule has 0 aromatic heterocycles. The molecule has 0 spiro atoms. The lowest BCUT2D eigenvalue weighted by Crippen LogP contribution is -2.41. The van der Waals surface area contributed by atoms with Crippen LogP contribution in [0, 0.1) is 16.7 Å². The molecule has 2 amide bonds. The van der Waals surface area contributed by atoms with Gasteiger partial charge < -0.3 is 15.7 Å². The number of hydrogen-bond donors (Lipinski definition) is 3. The first kappa shape index (κ1) is 16.2. The Morgan fingerprint density at radius 1 is 1.33 bits per heavy atom. The normalized spacial score (nSPS) is 10.5.